The highest BCUT2D eigenvalue weighted by Gasteiger charge is 2.22. The summed E-state index contributed by atoms with van der Waals surface area (Å²) in [5.74, 6) is 0.332. The molecule has 2 heterocycles. The minimum Gasteiger partial charge on any atom is -0.306 e. The van der Waals surface area contributed by atoms with Crippen LogP contribution >= 0.6 is 27.5 Å². The summed E-state index contributed by atoms with van der Waals surface area (Å²) in [6.07, 6.45) is 0. The maximum absolute atomic E-state index is 12.8. The van der Waals surface area contributed by atoms with Crippen molar-refractivity contribution in [2.75, 3.05) is 5.32 Å². The lowest BCUT2D eigenvalue weighted by atomic mass is 9.92. The first-order valence-electron chi connectivity index (χ1n) is 8.45. The number of hydrogen-bond acceptors (Lipinski definition) is 3. The average Bonchev–Trinajstić information content (AvgIpc) is 2.99. The number of nitrogens with one attached hydrogen (secondary N) is 1. The number of aryl methyl sites for hydroxylation is 1. The molecule has 0 aliphatic rings. The molecule has 0 aliphatic carbocycles. The highest BCUT2D eigenvalue weighted by molar-refractivity contribution is 9.10. The number of rotatable bonds is 3. The van der Waals surface area contributed by atoms with Gasteiger partial charge in [0.1, 0.15) is 11.0 Å². The number of amides is 1. The molecule has 27 heavy (non-hydrogen) atoms. The van der Waals surface area contributed by atoms with Crippen molar-refractivity contribution < 1.29 is 4.79 Å². The Kier molecular flexibility index (Phi) is 5.40. The molecule has 0 saturated heterocycles. The van der Waals surface area contributed by atoms with E-state index in [1.807, 2.05) is 30.3 Å². The number of halogens is 2. The Balaban J connectivity index is 2.01. The van der Waals surface area contributed by atoms with Crippen molar-refractivity contribution in [2.45, 2.75) is 33.1 Å². The highest BCUT2D eigenvalue weighted by Crippen LogP contribution is 2.27. The molecular weight excluding hydrogens is 428 g/mol. The van der Waals surface area contributed by atoms with Crippen LogP contribution in [-0.2, 0) is 5.41 Å². The Morgan fingerprint density at radius 1 is 1.15 bits per heavy atom. The van der Waals surface area contributed by atoms with Gasteiger partial charge in [0.25, 0.3) is 5.91 Å². The molecule has 1 N–H and O–H groups in total. The Labute approximate surface area is 171 Å². The summed E-state index contributed by atoms with van der Waals surface area (Å²) in [5, 5.41) is 7.95. The summed E-state index contributed by atoms with van der Waals surface area (Å²) in [6.45, 7) is 8.04. The number of nitrogens with zero attached hydrogens (tertiary/aromatic N) is 3. The minimum atomic E-state index is -0.263. The van der Waals surface area contributed by atoms with Crippen LogP contribution in [0.3, 0.4) is 0 Å². The van der Waals surface area contributed by atoms with Gasteiger partial charge in [0.15, 0.2) is 0 Å². The topological polar surface area (TPSA) is 59.8 Å². The van der Waals surface area contributed by atoms with E-state index in [4.69, 9.17) is 16.7 Å². The predicted octanol–water partition coefficient (Wildman–Crippen LogP) is 5.54. The van der Waals surface area contributed by atoms with Gasteiger partial charge in [0.05, 0.1) is 11.4 Å². The van der Waals surface area contributed by atoms with Crippen LogP contribution in [0, 0.1) is 6.92 Å². The van der Waals surface area contributed by atoms with Crippen LogP contribution < -0.4 is 5.32 Å². The summed E-state index contributed by atoms with van der Waals surface area (Å²) in [7, 11) is 0. The van der Waals surface area contributed by atoms with Crippen LogP contribution in [0.4, 0.5) is 5.82 Å². The molecule has 3 aromatic rings. The van der Waals surface area contributed by atoms with Gasteiger partial charge in [-0.1, -0.05) is 48.3 Å². The molecule has 0 spiro atoms. The molecule has 2 aromatic heterocycles. The van der Waals surface area contributed by atoms with E-state index in [0.29, 0.717) is 17.1 Å². The molecule has 0 unspecified atom stereocenters. The molecule has 0 bridgehead atoms. The fraction of sp³-hybridized carbons (Fsp3) is 0.250. The smallest absolute Gasteiger partial charge is 0.256 e. The molecule has 0 fully saturated rings. The van der Waals surface area contributed by atoms with Crippen LogP contribution in [-0.4, -0.2) is 20.7 Å². The fourth-order valence-electron chi connectivity index (χ4n) is 2.56. The van der Waals surface area contributed by atoms with E-state index in [-0.39, 0.29) is 16.5 Å². The van der Waals surface area contributed by atoms with E-state index in [2.05, 4.69) is 47.0 Å². The molecule has 0 saturated carbocycles. The van der Waals surface area contributed by atoms with E-state index in [1.165, 1.54) is 0 Å². The Morgan fingerprint density at radius 3 is 2.41 bits per heavy atom. The lowest BCUT2D eigenvalue weighted by Gasteiger charge is -2.14. The van der Waals surface area contributed by atoms with Gasteiger partial charge in [-0.15, -0.1) is 0 Å². The Morgan fingerprint density at radius 2 is 1.81 bits per heavy atom. The summed E-state index contributed by atoms with van der Waals surface area (Å²) in [6, 6.07) is 12.9. The number of aromatic nitrogens is 3. The van der Waals surface area contributed by atoms with Crippen LogP contribution in [0.1, 0.15) is 42.5 Å². The van der Waals surface area contributed by atoms with Gasteiger partial charge in [-0.05, 0) is 43.3 Å². The number of anilines is 1. The summed E-state index contributed by atoms with van der Waals surface area (Å²) in [5.41, 5.74) is 2.71. The molecular formula is C20H20BrClN4O. The fourth-order valence-corrected chi connectivity index (χ4v) is 3.08. The van der Waals surface area contributed by atoms with Gasteiger partial charge in [-0.25, -0.2) is 9.67 Å². The van der Waals surface area contributed by atoms with E-state index < -0.39 is 0 Å². The SMILES string of the molecule is Cc1cc(C(=O)Nc2cc(C(C)(C)C)nn2-c2ccc(Br)cc2)cc(Cl)n1. The number of hydrogen-bond donors (Lipinski definition) is 1. The van der Waals surface area contributed by atoms with Crippen molar-refractivity contribution in [2.24, 2.45) is 0 Å². The average molecular weight is 448 g/mol. The van der Waals surface area contributed by atoms with Gasteiger partial charge in [0.2, 0.25) is 0 Å². The zero-order chi connectivity index (χ0) is 19.8. The third kappa shape index (κ3) is 4.57. The standard InChI is InChI=1S/C20H20BrClN4O/c1-12-9-13(10-17(22)23-12)19(27)24-18-11-16(20(2,3)4)25-26(18)15-7-5-14(21)6-8-15/h5-11H,1-4H3,(H,24,27). The molecule has 1 aromatic carbocycles. The Bertz CT molecular complexity index is 970. The van der Waals surface area contributed by atoms with E-state index in [0.717, 1.165) is 15.9 Å². The van der Waals surface area contributed by atoms with Crippen LogP contribution in [0.5, 0.6) is 0 Å². The predicted molar refractivity (Wildman–Crippen MR) is 112 cm³/mol. The second kappa shape index (κ2) is 7.44. The van der Waals surface area contributed by atoms with Gasteiger partial charge in [0, 0.05) is 27.2 Å². The second-order valence-corrected chi connectivity index (χ2v) is 8.63. The monoisotopic (exact) mass is 446 g/mol. The van der Waals surface area contributed by atoms with Gasteiger partial charge >= 0.3 is 0 Å². The van der Waals surface area contributed by atoms with Crippen LogP contribution in [0.2, 0.25) is 5.15 Å². The number of benzene rings is 1. The molecule has 140 valence electrons. The highest BCUT2D eigenvalue weighted by atomic mass is 79.9. The van der Waals surface area contributed by atoms with Gasteiger partial charge in [-0.3, -0.25) is 4.79 Å². The summed E-state index contributed by atoms with van der Waals surface area (Å²) >= 11 is 9.43. The number of pyridine rings is 1. The molecule has 1 amide bonds. The van der Waals surface area contributed by atoms with Crippen molar-refractivity contribution in [3.63, 3.8) is 0 Å². The molecule has 5 nitrogen and oxygen atoms in total. The zero-order valence-corrected chi connectivity index (χ0v) is 17.9. The molecule has 0 aliphatic heterocycles. The van der Waals surface area contributed by atoms with Crippen molar-refractivity contribution in [3.8, 4) is 5.69 Å². The van der Waals surface area contributed by atoms with Crippen LogP contribution in [0.25, 0.3) is 5.69 Å². The van der Waals surface area contributed by atoms with E-state index in [9.17, 15) is 4.79 Å². The van der Waals surface area contributed by atoms with Crippen molar-refractivity contribution >= 4 is 39.3 Å². The molecule has 3 rings (SSSR count). The first-order chi connectivity index (χ1) is 12.6. The van der Waals surface area contributed by atoms with E-state index >= 15 is 0 Å². The lowest BCUT2D eigenvalue weighted by molar-refractivity contribution is 0.102. The van der Waals surface area contributed by atoms with E-state index in [1.54, 1.807) is 23.7 Å². The number of carbonyl (C=O) groups is 1. The minimum absolute atomic E-state index is 0.156. The lowest BCUT2D eigenvalue weighted by Crippen LogP contribution is -2.15. The molecule has 0 radical (unpaired) electrons. The maximum Gasteiger partial charge on any atom is 0.256 e. The summed E-state index contributed by atoms with van der Waals surface area (Å²) in [4.78, 5) is 16.9. The maximum atomic E-state index is 12.8. The second-order valence-electron chi connectivity index (χ2n) is 7.33. The number of carbonyl (C=O) groups excluding carboxylic acids is 1. The zero-order valence-electron chi connectivity index (χ0n) is 15.5. The first-order valence-corrected chi connectivity index (χ1v) is 9.62. The first kappa shape index (κ1) is 19.6. The molecule has 0 atom stereocenters. The Hall–Kier alpha value is -2.18. The van der Waals surface area contributed by atoms with Crippen molar-refractivity contribution in [1.82, 2.24) is 14.8 Å². The quantitative estimate of drug-likeness (QED) is 0.536. The molecule has 7 heteroatoms. The third-order valence-electron chi connectivity index (χ3n) is 3.97. The van der Waals surface area contributed by atoms with Gasteiger partial charge in [-0.2, -0.15) is 5.10 Å². The van der Waals surface area contributed by atoms with Crippen molar-refractivity contribution in [1.29, 1.82) is 0 Å². The van der Waals surface area contributed by atoms with Crippen LogP contribution in [0.15, 0.2) is 46.9 Å². The largest absolute Gasteiger partial charge is 0.306 e. The normalized spacial score (nSPS) is 11.5. The van der Waals surface area contributed by atoms with Crippen molar-refractivity contribution in [3.05, 3.63) is 69.0 Å². The van der Waals surface area contributed by atoms with Gasteiger partial charge < -0.3 is 5.32 Å². The third-order valence-corrected chi connectivity index (χ3v) is 4.70. The summed E-state index contributed by atoms with van der Waals surface area (Å²) < 4.78 is 2.71.